The lowest BCUT2D eigenvalue weighted by molar-refractivity contribution is -0.117. The van der Waals surface area contributed by atoms with Gasteiger partial charge in [0.15, 0.2) is 0 Å². The van der Waals surface area contributed by atoms with Gasteiger partial charge >= 0.3 is 0 Å². The Hall–Kier alpha value is -2.57. The van der Waals surface area contributed by atoms with Crippen molar-refractivity contribution in [3.8, 4) is 11.3 Å². The Kier molecular flexibility index (Phi) is 6.49. The molecular formula is C23H19Cl3N4O. The van der Waals surface area contributed by atoms with Gasteiger partial charge in [-0.2, -0.15) is 5.10 Å². The summed E-state index contributed by atoms with van der Waals surface area (Å²) < 4.78 is 0. The molecule has 1 unspecified atom stereocenters. The van der Waals surface area contributed by atoms with Crippen LogP contribution in [-0.2, 0) is 4.79 Å². The summed E-state index contributed by atoms with van der Waals surface area (Å²) in [5.41, 5.74) is 9.69. The van der Waals surface area contributed by atoms with Gasteiger partial charge in [0.05, 0.1) is 21.5 Å². The van der Waals surface area contributed by atoms with Crippen LogP contribution in [0.2, 0.25) is 15.1 Å². The van der Waals surface area contributed by atoms with Crippen LogP contribution in [0.15, 0.2) is 60.7 Å². The highest BCUT2D eigenvalue weighted by molar-refractivity contribution is 6.42. The van der Waals surface area contributed by atoms with E-state index in [-0.39, 0.29) is 5.91 Å². The average Bonchev–Trinajstić information content (AvgIpc) is 3.17. The largest absolute Gasteiger partial charge is 0.330 e. The van der Waals surface area contributed by atoms with Crippen LogP contribution in [0, 0.1) is 0 Å². The number of carbonyl (C=O) groups is 1. The Bertz CT molecular complexity index is 1250. The van der Waals surface area contributed by atoms with E-state index in [1.54, 1.807) is 18.2 Å². The number of nitrogens with one attached hydrogen (secondary N) is 2. The molecule has 0 saturated carbocycles. The van der Waals surface area contributed by atoms with Crippen LogP contribution < -0.4 is 11.1 Å². The predicted molar refractivity (Wildman–Crippen MR) is 128 cm³/mol. The van der Waals surface area contributed by atoms with Crippen molar-refractivity contribution >= 4 is 57.3 Å². The first-order chi connectivity index (χ1) is 15.0. The maximum absolute atomic E-state index is 13.1. The van der Waals surface area contributed by atoms with Crippen molar-refractivity contribution in [2.24, 2.45) is 5.73 Å². The second kappa shape index (κ2) is 9.28. The van der Waals surface area contributed by atoms with Crippen LogP contribution in [0.3, 0.4) is 0 Å². The Labute approximate surface area is 194 Å². The number of carbonyl (C=O) groups excluding carboxylic acids is 1. The molecule has 4 aromatic rings. The number of aromatic nitrogens is 2. The normalized spacial score (nSPS) is 12.1. The van der Waals surface area contributed by atoms with Gasteiger partial charge in [0, 0.05) is 21.7 Å². The number of rotatable bonds is 6. The van der Waals surface area contributed by atoms with E-state index in [1.807, 2.05) is 42.5 Å². The number of benzene rings is 3. The molecule has 5 nitrogen and oxygen atoms in total. The molecule has 4 rings (SSSR count). The summed E-state index contributed by atoms with van der Waals surface area (Å²) in [5, 5.41) is 12.8. The number of hydrogen-bond donors (Lipinski definition) is 3. The van der Waals surface area contributed by atoms with Crippen LogP contribution in [-0.4, -0.2) is 22.6 Å². The summed E-state index contributed by atoms with van der Waals surface area (Å²) >= 11 is 18.3. The van der Waals surface area contributed by atoms with Gasteiger partial charge in [0.2, 0.25) is 5.91 Å². The van der Waals surface area contributed by atoms with E-state index >= 15 is 0 Å². The number of anilines is 1. The minimum absolute atomic E-state index is 0.170. The third-order valence-electron chi connectivity index (χ3n) is 5.05. The quantitative estimate of drug-likeness (QED) is 0.309. The summed E-state index contributed by atoms with van der Waals surface area (Å²) in [6, 6.07) is 18.3. The zero-order chi connectivity index (χ0) is 22.0. The molecule has 31 heavy (non-hydrogen) atoms. The fourth-order valence-electron chi connectivity index (χ4n) is 3.52. The summed E-state index contributed by atoms with van der Waals surface area (Å²) in [7, 11) is 0. The summed E-state index contributed by atoms with van der Waals surface area (Å²) in [5.74, 6) is -0.622. The smallest absolute Gasteiger partial charge is 0.231 e. The van der Waals surface area contributed by atoms with Gasteiger partial charge in [0.1, 0.15) is 5.69 Å². The predicted octanol–water partition coefficient (Wildman–Crippen LogP) is 6.26. The third-order valence-corrected chi connectivity index (χ3v) is 6.02. The van der Waals surface area contributed by atoms with Crippen molar-refractivity contribution in [3.05, 3.63) is 81.3 Å². The number of halogens is 3. The van der Waals surface area contributed by atoms with E-state index in [4.69, 9.17) is 40.5 Å². The molecule has 1 heterocycles. The first-order valence-corrected chi connectivity index (χ1v) is 10.8. The van der Waals surface area contributed by atoms with E-state index in [2.05, 4.69) is 15.5 Å². The number of H-pyrrole nitrogens is 1. The number of amides is 1. The van der Waals surface area contributed by atoms with E-state index in [9.17, 15) is 4.79 Å². The molecule has 8 heteroatoms. The van der Waals surface area contributed by atoms with Crippen molar-refractivity contribution in [1.82, 2.24) is 10.2 Å². The van der Waals surface area contributed by atoms with Crippen LogP contribution in [0.25, 0.3) is 22.2 Å². The molecule has 0 radical (unpaired) electrons. The molecule has 0 aliphatic rings. The van der Waals surface area contributed by atoms with E-state index in [1.165, 1.54) is 0 Å². The monoisotopic (exact) mass is 472 g/mol. The van der Waals surface area contributed by atoms with E-state index < -0.39 is 5.92 Å². The van der Waals surface area contributed by atoms with Gasteiger partial charge in [-0.25, -0.2) is 0 Å². The van der Waals surface area contributed by atoms with Gasteiger partial charge in [-0.05, 0) is 61.0 Å². The third kappa shape index (κ3) is 4.70. The molecule has 1 aromatic heterocycles. The molecule has 0 fully saturated rings. The van der Waals surface area contributed by atoms with Crippen LogP contribution in [0.4, 0.5) is 5.69 Å². The molecule has 0 aliphatic heterocycles. The standard InChI is InChI=1S/C23H19Cl3N4O/c24-15-3-1-2-14(10-15)22-18-12-16(5-7-21(18)29-30-22)28-23(31)17(8-9-27)13-4-6-19(25)20(26)11-13/h1-7,10-12,17H,8-9,27H2,(H,28,31)(H,29,30). The molecule has 0 saturated heterocycles. The summed E-state index contributed by atoms with van der Waals surface area (Å²) in [6.07, 6.45) is 0.478. The first-order valence-electron chi connectivity index (χ1n) is 9.66. The molecule has 0 aliphatic carbocycles. The highest BCUT2D eigenvalue weighted by Gasteiger charge is 2.21. The molecule has 1 atom stereocenters. The SMILES string of the molecule is NCCC(C(=O)Nc1ccc2[nH]nc(-c3cccc(Cl)c3)c2c1)c1ccc(Cl)c(Cl)c1. The van der Waals surface area contributed by atoms with Gasteiger partial charge in [-0.15, -0.1) is 0 Å². The van der Waals surface area contributed by atoms with Crippen molar-refractivity contribution in [2.75, 3.05) is 11.9 Å². The second-order valence-corrected chi connectivity index (χ2v) is 8.39. The maximum Gasteiger partial charge on any atom is 0.231 e. The number of nitrogens with two attached hydrogens (primary N) is 1. The second-order valence-electron chi connectivity index (χ2n) is 7.14. The summed E-state index contributed by atoms with van der Waals surface area (Å²) in [6.45, 7) is 0.359. The van der Waals surface area contributed by atoms with Gasteiger partial charge < -0.3 is 11.1 Å². The highest BCUT2D eigenvalue weighted by Crippen LogP contribution is 2.32. The lowest BCUT2D eigenvalue weighted by Gasteiger charge is -2.17. The van der Waals surface area contributed by atoms with Gasteiger partial charge in [0.25, 0.3) is 0 Å². The fraction of sp³-hybridized carbons (Fsp3) is 0.130. The van der Waals surface area contributed by atoms with E-state index in [0.29, 0.717) is 33.7 Å². The maximum atomic E-state index is 13.1. The average molecular weight is 474 g/mol. The van der Waals surface area contributed by atoms with E-state index in [0.717, 1.165) is 27.7 Å². The van der Waals surface area contributed by atoms with Crippen LogP contribution in [0.1, 0.15) is 17.9 Å². The molecular weight excluding hydrogens is 455 g/mol. The Morgan fingerprint density at radius 3 is 2.61 bits per heavy atom. The minimum atomic E-state index is -0.452. The lowest BCUT2D eigenvalue weighted by atomic mass is 9.94. The summed E-state index contributed by atoms with van der Waals surface area (Å²) in [4.78, 5) is 13.1. The Morgan fingerprint density at radius 1 is 1.03 bits per heavy atom. The molecule has 1 amide bonds. The molecule has 3 aromatic carbocycles. The van der Waals surface area contributed by atoms with Crippen LogP contribution in [0.5, 0.6) is 0 Å². The lowest BCUT2D eigenvalue weighted by Crippen LogP contribution is -2.23. The molecule has 0 bridgehead atoms. The minimum Gasteiger partial charge on any atom is -0.330 e. The van der Waals surface area contributed by atoms with Crippen LogP contribution >= 0.6 is 34.8 Å². The number of fused-ring (bicyclic) bond motifs is 1. The highest BCUT2D eigenvalue weighted by atomic mass is 35.5. The van der Waals surface area contributed by atoms with Crippen molar-refractivity contribution in [2.45, 2.75) is 12.3 Å². The number of aromatic amines is 1. The first kappa shape index (κ1) is 21.7. The molecule has 4 N–H and O–H groups in total. The topological polar surface area (TPSA) is 83.8 Å². The number of nitrogens with zero attached hydrogens (tertiary/aromatic N) is 1. The Balaban J connectivity index is 1.64. The van der Waals surface area contributed by atoms with Crippen molar-refractivity contribution in [3.63, 3.8) is 0 Å². The van der Waals surface area contributed by atoms with Gasteiger partial charge in [-0.3, -0.25) is 9.89 Å². The fourth-order valence-corrected chi connectivity index (χ4v) is 4.02. The zero-order valence-corrected chi connectivity index (χ0v) is 18.6. The van der Waals surface area contributed by atoms with Crippen molar-refractivity contribution in [1.29, 1.82) is 0 Å². The van der Waals surface area contributed by atoms with Gasteiger partial charge in [-0.1, -0.05) is 53.0 Å². The zero-order valence-electron chi connectivity index (χ0n) is 16.3. The number of hydrogen-bond acceptors (Lipinski definition) is 3. The Morgan fingerprint density at radius 2 is 1.87 bits per heavy atom. The molecule has 158 valence electrons. The van der Waals surface area contributed by atoms with Crippen molar-refractivity contribution < 1.29 is 4.79 Å². The molecule has 0 spiro atoms.